The Labute approximate surface area is 194 Å². The summed E-state index contributed by atoms with van der Waals surface area (Å²) in [6.07, 6.45) is 3.11. The van der Waals surface area contributed by atoms with E-state index < -0.39 is 23.1 Å². The van der Waals surface area contributed by atoms with E-state index in [0.717, 1.165) is 11.3 Å². The van der Waals surface area contributed by atoms with Gasteiger partial charge in [0.15, 0.2) is 10.9 Å². The number of carbonyl (C=O) groups excluding carboxylic acids is 1. The number of amides is 1. The summed E-state index contributed by atoms with van der Waals surface area (Å²) in [5.41, 5.74) is -0.290. The molecule has 1 aliphatic carbocycles. The number of aryl methyl sites for hydroxylation is 1. The Morgan fingerprint density at radius 2 is 2.03 bits per heavy atom. The van der Waals surface area contributed by atoms with Gasteiger partial charge in [-0.15, -0.1) is 0 Å². The van der Waals surface area contributed by atoms with Gasteiger partial charge in [0.25, 0.3) is 5.91 Å². The van der Waals surface area contributed by atoms with Crippen LogP contribution in [0.5, 0.6) is 0 Å². The Bertz CT molecular complexity index is 1220. The van der Waals surface area contributed by atoms with Crippen molar-refractivity contribution >= 4 is 51.9 Å². The maximum Gasteiger partial charge on any atom is 0.259 e. The van der Waals surface area contributed by atoms with Crippen molar-refractivity contribution in [3.05, 3.63) is 64.0 Å². The maximum absolute atomic E-state index is 15.0. The third-order valence-electron chi connectivity index (χ3n) is 6.02. The van der Waals surface area contributed by atoms with Crippen molar-refractivity contribution in [3.63, 3.8) is 0 Å². The highest BCUT2D eigenvalue weighted by atomic mass is 35.5. The fourth-order valence-corrected chi connectivity index (χ4v) is 4.88. The minimum absolute atomic E-state index is 0.0388. The normalized spacial score (nSPS) is 16.8. The van der Waals surface area contributed by atoms with Gasteiger partial charge in [-0.05, 0) is 68.1 Å². The average molecular weight is 471 g/mol. The first-order chi connectivity index (χ1) is 15.4. The molecular formula is C23H17ClF2N4OS. The maximum atomic E-state index is 15.0. The summed E-state index contributed by atoms with van der Waals surface area (Å²) in [6.45, 7) is 7.09. The summed E-state index contributed by atoms with van der Waals surface area (Å²) in [5, 5.41) is 8.35. The van der Waals surface area contributed by atoms with Gasteiger partial charge in [-0.25, -0.2) is 13.6 Å². The van der Waals surface area contributed by atoms with E-state index in [4.69, 9.17) is 35.7 Å². The van der Waals surface area contributed by atoms with E-state index in [0.29, 0.717) is 43.4 Å². The fraction of sp³-hybridized carbons (Fsp3) is 0.304. The van der Waals surface area contributed by atoms with E-state index in [1.54, 1.807) is 17.0 Å². The predicted molar refractivity (Wildman–Crippen MR) is 122 cm³/mol. The minimum Gasteiger partial charge on any atom is -0.303 e. The second-order valence-electron chi connectivity index (χ2n) is 7.77. The SMILES string of the molecule is [C-]#[N+]c1ccc(N2C(=O)C3(CCC3)N(c3ccc(CCCC#N)c(F)c3)C2=S)c(F)c1Cl. The molecule has 2 aromatic rings. The second kappa shape index (κ2) is 8.46. The zero-order valence-corrected chi connectivity index (χ0v) is 18.4. The highest BCUT2D eigenvalue weighted by Gasteiger charge is 2.60. The third kappa shape index (κ3) is 3.31. The lowest BCUT2D eigenvalue weighted by molar-refractivity contribution is -0.123. The Morgan fingerprint density at radius 1 is 1.28 bits per heavy atom. The van der Waals surface area contributed by atoms with Crippen LogP contribution in [0.4, 0.5) is 25.8 Å². The molecule has 32 heavy (non-hydrogen) atoms. The average Bonchev–Trinajstić information content (AvgIpc) is 2.98. The third-order valence-corrected chi connectivity index (χ3v) is 6.75. The van der Waals surface area contributed by atoms with Crippen LogP contribution in [0.1, 0.15) is 37.7 Å². The van der Waals surface area contributed by atoms with Gasteiger partial charge in [0.1, 0.15) is 11.4 Å². The number of halogens is 3. The van der Waals surface area contributed by atoms with Gasteiger partial charge in [0.2, 0.25) is 5.69 Å². The highest BCUT2D eigenvalue weighted by Crippen LogP contribution is 2.49. The van der Waals surface area contributed by atoms with E-state index in [2.05, 4.69) is 4.85 Å². The number of hydrogen-bond donors (Lipinski definition) is 0. The van der Waals surface area contributed by atoms with Gasteiger partial charge in [-0.2, -0.15) is 5.26 Å². The molecule has 0 N–H and O–H groups in total. The lowest BCUT2D eigenvalue weighted by Crippen LogP contribution is -2.55. The molecule has 2 aromatic carbocycles. The van der Waals surface area contributed by atoms with Gasteiger partial charge in [0, 0.05) is 12.1 Å². The molecule has 1 spiro atoms. The van der Waals surface area contributed by atoms with Crippen molar-refractivity contribution in [3.8, 4) is 6.07 Å². The number of benzene rings is 2. The predicted octanol–water partition coefficient (Wildman–Crippen LogP) is 6.08. The standard InChI is InChI=1S/C23H17ClF2N4OS/c1-28-17-8-9-18(20(26)19(17)24)29-21(31)23(10-4-11-23)30(22(29)32)15-7-6-14(16(25)13-15)5-2-3-12-27/h6-9,13H,2-5,10-11H2. The Hall–Kier alpha value is -3.07. The number of nitrogens with zero attached hydrogens (tertiary/aromatic N) is 4. The van der Waals surface area contributed by atoms with E-state index >= 15 is 0 Å². The molecule has 5 nitrogen and oxygen atoms in total. The molecule has 9 heteroatoms. The van der Waals surface area contributed by atoms with Gasteiger partial charge >= 0.3 is 0 Å². The fourth-order valence-electron chi connectivity index (χ4n) is 4.22. The van der Waals surface area contributed by atoms with E-state index in [9.17, 15) is 13.6 Å². The Balaban J connectivity index is 1.73. The van der Waals surface area contributed by atoms with Crippen LogP contribution < -0.4 is 9.80 Å². The summed E-state index contributed by atoms with van der Waals surface area (Å²) in [5.74, 6) is -1.73. The summed E-state index contributed by atoms with van der Waals surface area (Å²) in [7, 11) is 0. The van der Waals surface area contributed by atoms with Gasteiger partial charge in [-0.3, -0.25) is 9.69 Å². The molecular weight excluding hydrogens is 454 g/mol. The summed E-state index contributed by atoms with van der Waals surface area (Å²) in [6, 6.07) is 9.35. The van der Waals surface area contributed by atoms with Gasteiger partial charge in [-0.1, -0.05) is 23.7 Å². The van der Waals surface area contributed by atoms with Crippen LogP contribution in [0.3, 0.4) is 0 Å². The lowest BCUT2D eigenvalue weighted by Gasteiger charge is -2.43. The first-order valence-corrected chi connectivity index (χ1v) is 10.8. The van der Waals surface area contributed by atoms with Crippen LogP contribution in [-0.4, -0.2) is 16.6 Å². The molecule has 0 atom stereocenters. The van der Waals surface area contributed by atoms with Crippen molar-refractivity contribution in [2.75, 3.05) is 9.80 Å². The molecule has 0 aromatic heterocycles. The number of carbonyl (C=O) groups is 1. The Morgan fingerprint density at radius 3 is 2.62 bits per heavy atom. The van der Waals surface area contributed by atoms with Gasteiger partial charge in [0.05, 0.1) is 23.4 Å². The molecule has 1 aliphatic heterocycles. The summed E-state index contributed by atoms with van der Waals surface area (Å²) < 4.78 is 29.8. The minimum atomic E-state index is -0.997. The van der Waals surface area contributed by atoms with E-state index in [1.165, 1.54) is 18.2 Å². The van der Waals surface area contributed by atoms with Crippen molar-refractivity contribution in [1.82, 2.24) is 0 Å². The van der Waals surface area contributed by atoms with E-state index in [1.807, 2.05) is 6.07 Å². The molecule has 1 saturated carbocycles. The topological polar surface area (TPSA) is 51.7 Å². The molecule has 0 radical (unpaired) electrons. The number of nitriles is 1. The monoisotopic (exact) mass is 470 g/mol. The zero-order valence-electron chi connectivity index (χ0n) is 16.9. The summed E-state index contributed by atoms with van der Waals surface area (Å²) in [4.78, 5) is 19.3. The first kappa shape index (κ1) is 22.1. The van der Waals surface area contributed by atoms with Crippen molar-refractivity contribution in [2.24, 2.45) is 0 Å². The number of thiocarbonyl (C=S) groups is 1. The molecule has 2 fully saturated rings. The van der Waals surface area contributed by atoms with E-state index in [-0.39, 0.29) is 21.5 Å². The van der Waals surface area contributed by atoms with Crippen LogP contribution in [0.25, 0.3) is 4.85 Å². The van der Waals surface area contributed by atoms with Crippen molar-refractivity contribution < 1.29 is 13.6 Å². The molecule has 0 bridgehead atoms. The molecule has 2 aliphatic rings. The van der Waals surface area contributed by atoms with Gasteiger partial charge < -0.3 is 4.90 Å². The molecule has 1 amide bonds. The summed E-state index contributed by atoms with van der Waals surface area (Å²) >= 11 is 11.6. The molecule has 1 saturated heterocycles. The number of unbranched alkanes of at least 4 members (excludes halogenated alkanes) is 1. The second-order valence-corrected chi connectivity index (χ2v) is 8.52. The van der Waals surface area contributed by atoms with Crippen LogP contribution in [0.15, 0.2) is 30.3 Å². The molecule has 1 heterocycles. The smallest absolute Gasteiger partial charge is 0.259 e. The van der Waals surface area contributed by atoms with Crippen LogP contribution >= 0.6 is 23.8 Å². The first-order valence-electron chi connectivity index (χ1n) is 10.1. The number of rotatable bonds is 5. The molecule has 4 rings (SSSR count). The largest absolute Gasteiger partial charge is 0.303 e. The van der Waals surface area contributed by atoms with Crippen molar-refractivity contribution in [1.29, 1.82) is 5.26 Å². The quantitative estimate of drug-likeness (QED) is 0.302. The lowest BCUT2D eigenvalue weighted by atomic mass is 9.75. The van der Waals surface area contributed by atoms with Crippen LogP contribution in [-0.2, 0) is 11.2 Å². The number of anilines is 2. The number of hydrogen-bond acceptors (Lipinski definition) is 3. The van der Waals surface area contributed by atoms with Crippen LogP contribution in [0, 0.1) is 29.5 Å². The molecule has 0 unspecified atom stereocenters. The Kier molecular flexibility index (Phi) is 5.85. The highest BCUT2D eigenvalue weighted by molar-refractivity contribution is 7.81. The molecule has 162 valence electrons. The zero-order chi connectivity index (χ0) is 23.0. The van der Waals surface area contributed by atoms with Crippen molar-refractivity contribution in [2.45, 2.75) is 44.1 Å². The van der Waals surface area contributed by atoms with Crippen LogP contribution in [0.2, 0.25) is 5.02 Å².